The van der Waals surface area contributed by atoms with Crippen molar-refractivity contribution in [3.05, 3.63) is 22.4 Å². The van der Waals surface area contributed by atoms with E-state index in [1.807, 2.05) is 0 Å². The van der Waals surface area contributed by atoms with Crippen molar-refractivity contribution in [3.8, 4) is 0 Å². The molecule has 2 rings (SSSR count). The molecule has 1 unspecified atom stereocenters. The third kappa shape index (κ3) is 2.47. The molecule has 0 saturated heterocycles. The summed E-state index contributed by atoms with van der Waals surface area (Å²) in [6, 6.07) is 3.41. The van der Waals surface area contributed by atoms with Crippen molar-refractivity contribution in [1.29, 1.82) is 0 Å². The molecule has 1 fully saturated rings. The second-order valence-corrected chi connectivity index (χ2v) is 5.36. The topological polar surface area (TPSA) is 29.3 Å². The average Bonchev–Trinajstić information content (AvgIpc) is 2.97. The van der Waals surface area contributed by atoms with Gasteiger partial charge in [0.1, 0.15) is 0 Å². The van der Waals surface area contributed by atoms with E-state index in [1.165, 1.54) is 31.2 Å². The van der Waals surface area contributed by atoms with Crippen molar-refractivity contribution >= 4 is 11.3 Å². The van der Waals surface area contributed by atoms with Crippen LogP contribution in [-0.4, -0.2) is 24.0 Å². The highest BCUT2D eigenvalue weighted by Crippen LogP contribution is 2.31. The molecule has 0 aromatic carbocycles. The summed E-state index contributed by atoms with van der Waals surface area (Å²) in [5.41, 5.74) is 7.37. The Labute approximate surface area is 102 Å². The van der Waals surface area contributed by atoms with Crippen molar-refractivity contribution in [2.24, 2.45) is 5.73 Å². The van der Waals surface area contributed by atoms with Gasteiger partial charge in [0.25, 0.3) is 0 Å². The molecular weight excluding hydrogens is 216 g/mol. The summed E-state index contributed by atoms with van der Waals surface area (Å²) in [4.78, 5) is 2.61. The van der Waals surface area contributed by atoms with E-state index in [9.17, 15) is 0 Å². The zero-order valence-corrected chi connectivity index (χ0v) is 10.9. The molecule has 1 aromatic rings. The number of hydrogen-bond donors (Lipinski definition) is 1. The molecule has 1 saturated carbocycles. The molecule has 90 valence electrons. The quantitative estimate of drug-likeness (QED) is 0.854. The van der Waals surface area contributed by atoms with Gasteiger partial charge in [-0.3, -0.25) is 4.90 Å². The number of rotatable bonds is 5. The third-order valence-corrected chi connectivity index (χ3v) is 4.41. The lowest BCUT2D eigenvalue weighted by atomic mass is 10.1. The second kappa shape index (κ2) is 5.80. The summed E-state index contributed by atoms with van der Waals surface area (Å²) < 4.78 is 0. The summed E-state index contributed by atoms with van der Waals surface area (Å²) in [5, 5.41) is 4.40. The van der Waals surface area contributed by atoms with Gasteiger partial charge in [0.2, 0.25) is 0 Å². The van der Waals surface area contributed by atoms with Gasteiger partial charge in [0.05, 0.1) is 0 Å². The average molecular weight is 238 g/mol. The first kappa shape index (κ1) is 12.1. The van der Waals surface area contributed by atoms with E-state index in [0.717, 1.165) is 19.1 Å². The molecule has 3 heteroatoms. The van der Waals surface area contributed by atoms with Crippen LogP contribution in [0, 0.1) is 0 Å². The fourth-order valence-electron chi connectivity index (χ4n) is 2.90. The number of hydrogen-bond acceptors (Lipinski definition) is 3. The first-order valence-corrected chi connectivity index (χ1v) is 7.29. The maximum absolute atomic E-state index is 5.97. The van der Waals surface area contributed by atoms with E-state index < -0.39 is 0 Å². The van der Waals surface area contributed by atoms with Gasteiger partial charge in [0.15, 0.2) is 0 Å². The summed E-state index contributed by atoms with van der Waals surface area (Å²) >= 11 is 1.77. The van der Waals surface area contributed by atoms with Crippen LogP contribution in [0.5, 0.6) is 0 Å². The Kier molecular flexibility index (Phi) is 4.38. The minimum atomic E-state index is 0.430. The highest BCUT2D eigenvalue weighted by Gasteiger charge is 2.27. The molecule has 0 spiro atoms. The normalized spacial score (nSPS) is 19.4. The molecule has 0 bridgehead atoms. The van der Waals surface area contributed by atoms with Gasteiger partial charge in [-0.1, -0.05) is 19.8 Å². The van der Waals surface area contributed by atoms with Crippen LogP contribution >= 0.6 is 11.3 Å². The minimum absolute atomic E-state index is 0.430. The summed E-state index contributed by atoms with van der Waals surface area (Å²) in [6.07, 6.45) is 5.49. The van der Waals surface area contributed by atoms with Crippen molar-refractivity contribution in [1.82, 2.24) is 4.90 Å². The van der Waals surface area contributed by atoms with Crippen LogP contribution in [0.1, 0.15) is 44.2 Å². The highest BCUT2D eigenvalue weighted by atomic mass is 32.1. The molecule has 1 aliphatic rings. The number of likely N-dealkylation sites (N-methyl/N-ethyl adjacent to an activating group) is 1. The zero-order chi connectivity index (χ0) is 11.4. The molecule has 1 atom stereocenters. The van der Waals surface area contributed by atoms with Gasteiger partial charge in [-0.15, -0.1) is 0 Å². The third-order valence-electron chi connectivity index (χ3n) is 3.71. The fraction of sp³-hybridized carbons (Fsp3) is 0.692. The van der Waals surface area contributed by atoms with Crippen LogP contribution < -0.4 is 5.73 Å². The Hall–Kier alpha value is -0.380. The predicted octanol–water partition coefficient (Wildman–Crippen LogP) is 3.01. The van der Waals surface area contributed by atoms with E-state index in [0.29, 0.717) is 6.04 Å². The lowest BCUT2D eigenvalue weighted by Gasteiger charge is -2.34. The molecule has 1 aliphatic carbocycles. The van der Waals surface area contributed by atoms with Gasteiger partial charge in [-0.2, -0.15) is 11.3 Å². The van der Waals surface area contributed by atoms with Crippen molar-refractivity contribution in [3.63, 3.8) is 0 Å². The minimum Gasteiger partial charge on any atom is -0.329 e. The van der Waals surface area contributed by atoms with Gasteiger partial charge in [-0.25, -0.2) is 0 Å². The fourth-order valence-corrected chi connectivity index (χ4v) is 3.60. The Morgan fingerprint density at radius 2 is 2.25 bits per heavy atom. The Balaban J connectivity index is 2.11. The van der Waals surface area contributed by atoms with Gasteiger partial charge in [-0.05, 0) is 41.8 Å². The second-order valence-electron chi connectivity index (χ2n) is 4.58. The number of nitrogens with two attached hydrogens (primary N) is 1. The molecule has 2 nitrogen and oxygen atoms in total. The Morgan fingerprint density at radius 1 is 1.50 bits per heavy atom. The van der Waals surface area contributed by atoms with Crippen LogP contribution in [0.4, 0.5) is 0 Å². The highest BCUT2D eigenvalue weighted by molar-refractivity contribution is 7.07. The monoisotopic (exact) mass is 238 g/mol. The Bertz CT molecular complexity index is 291. The van der Waals surface area contributed by atoms with E-state index in [4.69, 9.17) is 5.73 Å². The van der Waals surface area contributed by atoms with Crippen LogP contribution in [0.2, 0.25) is 0 Å². The van der Waals surface area contributed by atoms with Crippen LogP contribution in [-0.2, 0) is 0 Å². The maximum atomic E-state index is 5.97. The standard InChI is InChI=1S/C13H22N2S/c1-2-15(12-5-3-4-6-12)13(9-14)11-7-8-16-10-11/h7-8,10,12-13H,2-6,9,14H2,1H3. The van der Waals surface area contributed by atoms with E-state index in [1.54, 1.807) is 11.3 Å². The predicted molar refractivity (Wildman–Crippen MR) is 70.8 cm³/mol. The van der Waals surface area contributed by atoms with Crippen molar-refractivity contribution < 1.29 is 0 Å². The summed E-state index contributed by atoms with van der Waals surface area (Å²) in [5.74, 6) is 0. The lowest BCUT2D eigenvalue weighted by Crippen LogP contribution is -2.39. The summed E-state index contributed by atoms with van der Waals surface area (Å²) in [6.45, 7) is 4.11. The first-order valence-electron chi connectivity index (χ1n) is 6.34. The van der Waals surface area contributed by atoms with Gasteiger partial charge >= 0.3 is 0 Å². The number of thiophene rings is 1. The largest absolute Gasteiger partial charge is 0.329 e. The summed E-state index contributed by atoms with van der Waals surface area (Å²) in [7, 11) is 0. The molecule has 16 heavy (non-hydrogen) atoms. The van der Waals surface area contributed by atoms with E-state index in [2.05, 4.69) is 28.7 Å². The van der Waals surface area contributed by atoms with Crippen molar-refractivity contribution in [2.45, 2.75) is 44.7 Å². The SMILES string of the molecule is CCN(C1CCCC1)C(CN)c1ccsc1. The zero-order valence-electron chi connectivity index (χ0n) is 10.1. The van der Waals surface area contributed by atoms with Crippen molar-refractivity contribution in [2.75, 3.05) is 13.1 Å². The van der Waals surface area contributed by atoms with Gasteiger partial charge in [0, 0.05) is 18.6 Å². The first-order chi connectivity index (χ1) is 7.86. The molecule has 0 amide bonds. The molecule has 2 N–H and O–H groups in total. The molecule has 0 aliphatic heterocycles. The smallest absolute Gasteiger partial charge is 0.0481 e. The molecule has 1 heterocycles. The molecular formula is C13H22N2S. The van der Waals surface area contributed by atoms with Crippen LogP contribution in [0.15, 0.2) is 16.8 Å². The number of nitrogens with zero attached hydrogens (tertiary/aromatic N) is 1. The maximum Gasteiger partial charge on any atom is 0.0481 e. The van der Waals surface area contributed by atoms with Crippen LogP contribution in [0.3, 0.4) is 0 Å². The molecule has 0 radical (unpaired) electrons. The molecule has 1 aromatic heterocycles. The lowest BCUT2D eigenvalue weighted by molar-refractivity contribution is 0.147. The Morgan fingerprint density at radius 3 is 2.75 bits per heavy atom. The van der Waals surface area contributed by atoms with E-state index >= 15 is 0 Å². The van der Waals surface area contributed by atoms with Crippen LogP contribution in [0.25, 0.3) is 0 Å². The van der Waals surface area contributed by atoms with Gasteiger partial charge < -0.3 is 5.73 Å². The van der Waals surface area contributed by atoms with E-state index in [-0.39, 0.29) is 0 Å².